The molecule has 1 N–H and O–H groups in total. The van der Waals surface area contributed by atoms with Crippen LogP contribution in [-0.2, 0) is 0 Å². The van der Waals surface area contributed by atoms with Crippen LogP contribution in [0, 0.1) is 6.92 Å². The van der Waals surface area contributed by atoms with E-state index >= 15 is 0 Å². The van der Waals surface area contributed by atoms with Crippen LogP contribution in [0.4, 0.5) is 5.95 Å². The zero-order chi connectivity index (χ0) is 9.97. The first-order valence-corrected chi connectivity index (χ1v) is 4.86. The SMILES string of the molecule is CCCNc1nc2ccc(C)cn2n1. The number of fused-ring (bicyclic) bond motifs is 1. The van der Waals surface area contributed by atoms with Gasteiger partial charge in [-0.05, 0) is 25.0 Å². The fourth-order valence-electron chi connectivity index (χ4n) is 1.30. The molecular formula is C10H14N4. The Morgan fingerprint density at radius 2 is 2.29 bits per heavy atom. The minimum atomic E-state index is 0.706. The van der Waals surface area contributed by atoms with E-state index in [0.717, 1.165) is 18.6 Å². The van der Waals surface area contributed by atoms with E-state index < -0.39 is 0 Å². The fraction of sp³-hybridized carbons (Fsp3) is 0.400. The molecule has 74 valence electrons. The van der Waals surface area contributed by atoms with Crippen molar-refractivity contribution in [1.82, 2.24) is 14.6 Å². The Morgan fingerprint density at radius 1 is 1.43 bits per heavy atom. The normalized spacial score (nSPS) is 10.7. The van der Waals surface area contributed by atoms with Gasteiger partial charge in [0.25, 0.3) is 0 Å². The Hall–Kier alpha value is -1.58. The number of nitrogens with one attached hydrogen (secondary N) is 1. The molecule has 0 aromatic carbocycles. The van der Waals surface area contributed by atoms with Crippen LogP contribution in [0.5, 0.6) is 0 Å². The van der Waals surface area contributed by atoms with Gasteiger partial charge < -0.3 is 5.32 Å². The van der Waals surface area contributed by atoms with Gasteiger partial charge in [-0.15, -0.1) is 5.10 Å². The monoisotopic (exact) mass is 190 g/mol. The van der Waals surface area contributed by atoms with Gasteiger partial charge in [-0.3, -0.25) is 0 Å². The summed E-state index contributed by atoms with van der Waals surface area (Å²) in [6.45, 7) is 5.07. The van der Waals surface area contributed by atoms with E-state index in [-0.39, 0.29) is 0 Å². The molecule has 0 aliphatic rings. The first-order chi connectivity index (χ1) is 6.79. The summed E-state index contributed by atoms with van der Waals surface area (Å²) in [7, 11) is 0. The number of aryl methyl sites for hydroxylation is 1. The van der Waals surface area contributed by atoms with Crippen molar-refractivity contribution in [3.05, 3.63) is 23.9 Å². The van der Waals surface area contributed by atoms with Crippen molar-refractivity contribution in [2.24, 2.45) is 0 Å². The average molecular weight is 190 g/mol. The summed E-state index contributed by atoms with van der Waals surface area (Å²) in [6.07, 6.45) is 3.05. The van der Waals surface area contributed by atoms with Crippen molar-refractivity contribution in [3.8, 4) is 0 Å². The second-order valence-electron chi connectivity index (χ2n) is 3.37. The quantitative estimate of drug-likeness (QED) is 0.803. The van der Waals surface area contributed by atoms with Crippen molar-refractivity contribution < 1.29 is 0 Å². The van der Waals surface area contributed by atoms with Gasteiger partial charge in [-0.1, -0.05) is 13.0 Å². The first kappa shape index (κ1) is 8.99. The zero-order valence-corrected chi connectivity index (χ0v) is 8.49. The number of anilines is 1. The number of hydrogen-bond donors (Lipinski definition) is 1. The highest BCUT2D eigenvalue weighted by atomic mass is 15.3. The molecule has 0 amide bonds. The van der Waals surface area contributed by atoms with E-state index in [1.807, 2.05) is 25.3 Å². The highest BCUT2D eigenvalue weighted by Gasteiger charge is 2.01. The van der Waals surface area contributed by atoms with Gasteiger partial charge in [-0.25, -0.2) is 4.52 Å². The highest BCUT2D eigenvalue weighted by Crippen LogP contribution is 2.06. The first-order valence-electron chi connectivity index (χ1n) is 4.86. The summed E-state index contributed by atoms with van der Waals surface area (Å²) in [5.74, 6) is 0.706. The summed E-state index contributed by atoms with van der Waals surface area (Å²) in [6, 6.07) is 4.01. The van der Waals surface area contributed by atoms with Gasteiger partial charge >= 0.3 is 0 Å². The predicted molar refractivity (Wildman–Crippen MR) is 56.5 cm³/mol. The van der Waals surface area contributed by atoms with E-state index in [9.17, 15) is 0 Å². The third-order valence-corrected chi connectivity index (χ3v) is 2.01. The van der Waals surface area contributed by atoms with Crippen LogP contribution < -0.4 is 5.32 Å². The highest BCUT2D eigenvalue weighted by molar-refractivity contribution is 5.43. The molecule has 2 aromatic rings. The zero-order valence-electron chi connectivity index (χ0n) is 8.49. The summed E-state index contributed by atoms with van der Waals surface area (Å²) >= 11 is 0. The van der Waals surface area contributed by atoms with E-state index in [0.29, 0.717) is 5.95 Å². The van der Waals surface area contributed by atoms with Crippen LogP contribution in [0.25, 0.3) is 5.65 Å². The largest absolute Gasteiger partial charge is 0.353 e. The molecule has 4 heteroatoms. The molecular weight excluding hydrogens is 176 g/mol. The molecule has 0 saturated carbocycles. The van der Waals surface area contributed by atoms with Crippen molar-refractivity contribution >= 4 is 11.6 Å². The van der Waals surface area contributed by atoms with Gasteiger partial charge in [0.15, 0.2) is 5.65 Å². The molecule has 0 unspecified atom stereocenters. The average Bonchev–Trinajstić information content (AvgIpc) is 2.56. The maximum atomic E-state index is 4.33. The topological polar surface area (TPSA) is 42.2 Å². The lowest BCUT2D eigenvalue weighted by Crippen LogP contribution is -2.01. The minimum Gasteiger partial charge on any atom is -0.353 e. The molecule has 2 rings (SSSR count). The van der Waals surface area contributed by atoms with Crippen molar-refractivity contribution in [2.45, 2.75) is 20.3 Å². The summed E-state index contributed by atoms with van der Waals surface area (Å²) in [5, 5.41) is 7.47. The molecule has 0 bridgehead atoms. The molecule has 4 nitrogen and oxygen atoms in total. The van der Waals surface area contributed by atoms with Crippen LogP contribution in [0.2, 0.25) is 0 Å². The molecule has 2 aromatic heterocycles. The Kier molecular flexibility index (Phi) is 2.35. The lowest BCUT2D eigenvalue weighted by atomic mass is 10.3. The second kappa shape index (κ2) is 3.65. The standard InChI is InChI=1S/C10H14N4/c1-3-6-11-10-12-9-5-4-8(2)7-14(9)13-10/h4-5,7H,3,6H2,1-2H3,(H,11,13). The summed E-state index contributed by atoms with van der Waals surface area (Å²) in [5.41, 5.74) is 2.07. The molecule has 0 aliphatic carbocycles. The lowest BCUT2D eigenvalue weighted by Gasteiger charge is -1.94. The molecule has 0 fully saturated rings. The molecule has 0 spiro atoms. The maximum absolute atomic E-state index is 4.33. The molecule has 0 radical (unpaired) electrons. The Bertz CT molecular complexity index is 433. The third kappa shape index (κ3) is 1.69. The van der Waals surface area contributed by atoms with Crippen LogP contribution in [0.1, 0.15) is 18.9 Å². The molecule has 0 aliphatic heterocycles. The van der Waals surface area contributed by atoms with E-state index in [1.54, 1.807) is 4.52 Å². The van der Waals surface area contributed by atoms with E-state index in [4.69, 9.17) is 0 Å². The molecule has 2 heterocycles. The van der Waals surface area contributed by atoms with Crippen LogP contribution in [0.15, 0.2) is 18.3 Å². The summed E-state index contributed by atoms with van der Waals surface area (Å²) < 4.78 is 1.80. The Labute approximate surface area is 83.0 Å². The number of nitrogens with zero attached hydrogens (tertiary/aromatic N) is 3. The minimum absolute atomic E-state index is 0.706. The lowest BCUT2D eigenvalue weighted by molar-refractivity contribution is 0.920. The predicted octanol–water partition coefficient (Wildman–Crippen LogP) is 1.86. The molecule has 0 atom stereocenters. The smallest absolute Gasteiger partial charge is 0.243 e. The molecule has 0 saturated heterocycles. The fourth-order valence-corrected chi connectivity index (χ4v) is 1.30. The van der Waals surface area contributed by atoms with Crippen LogP contribution >= 0.6 is 0 Å². The van der Waals surface area contributed by atoms with Crippen molar-refractivity contribution in [2.75, 3.05) is 11.9 Å². The number of aromatic nitrogens is 3. The number of pyridine rings is 1. The maximum Gasteiger partial charge on any atom is 0.243 e. The van der Waals surface area contributed by atoms with Gasteiger partial charge in [0.1, 0.15) is 0 Å². The van der Waals surface area contributed by atoms with Crippen molar-refractivity contribution in [3.63, 3.8) is 0 Å². The summed E-state index contributed by atoms with van der Waals surface area (Å²) in [4.78, 5) is 4.33. The van der Waals surface area contributed by atoms with Gasteiger partial charge in [0.05, 0.1) is 0 Å². The van der Waals surface area contributed by atoms with Gasteiger partial charge in [-0.2, -0.15) is 4.98 Å². The Morgan fingerprint density at radius 3 is 3.07 bits per heavy atom. The van der Waals surface area contributed by atoms with Crippen molar-refractivity contribution in [1.29, 1.82) is 0 Å². The third-order valence-electron chi connectivity index (χ3n) is 2.01. The van der Waals surface area contributed by atoms with E-state index in [1.165, 1.54) is 5.56 Å². The second-order valence-corrected chi connectivity index (χ2v) is 3.37. The number of hydrogen-bond acceptors (Lipinski definition) is 3. The van der Waals surface area contributed by atoms with Crippen LogP contribution in [0.3, 0.4) is 0 Å². The molecule has 14 heavy (non-hydrogen) atoms. The van der Waals surface area contributed by atoms with Gasteiger partial charge in [0.2, 0.25) is 5.95 Å². The van der Waals surface area contributed by atoms with Gasteiger partial charge in [0, 0.05) is 12.7 Å². The van der Waals surface area contributed by atoms with E-state index in [2.05, 4.69) is 22.3 Å². The van der Waals surface area contributed by atoms with Crippen LogP contribution in [-0.4, -0.2) is 21.1 Å². The number of rotatable bonds is 3. The Balaban J connectivity index is 2.32.